The van der Waals surface area contributed by atoms with Gasteiger partial charge in [0, 0.05) is 0 Å². The van der Waals surface area contributed by atoms with Gasteiger partial charge in [-0.25, -0.2) is 4.21 Å². The molecule has 0 aromatic carbocycles. The number of hydrogen-bond donors (Lipinski definition) is 1. The van der Waals surface area contributed by atoms with Crippen LogP contribution in [0.2, 0.25) is 0 Å². The van der Waals surface area contributed by atoms with E-state index in [9.17, 15) is 12.6 Å². The van der Waals surface area contributed by atoms with Crippen molar-refractivity contribution in [2.24, 2.45) is 0 Å². The summed E-state index contributed by atoms with van der Waals surface area (Å²) in [7, 11) is -7.89. The first-order valence-corrected chi connectivity index (χ1v) is 5.85. The minimum Gasteiger partial charge on any atom is -0.293 e. The zero-order valence-electron chi connectivity index (χ0n) is 6.22. The lowest BCUT2D eigenvalue weighted by Gasteiger charge is -2.01. The molecule has 1 rings (SSSR count). The lowest BCUT2D eigenvalue weighted by Crippen LogP contribution is -2.20. The van der Waals surface area contributed by atoms with Crippen molar-refractivity contribution in [1.82, 2.24) is 0 Å². The van der Waals surface area contributed by atoms with Gasteiger partial charge >= 0.3 is 10.1 Å². The maximum absolute atomic E-state index is 11.0. The van der Waals surface area contributed by atoms with Gasteiger partial charge in [0.15, 0.2) is 4.20 Å². The zero-order valence-corrected chi connectivity index (χ0v) is 7.85. The molecule has 0 aromatic heterocycles. The Labute approximate surface area is 70.6 Å². The SMILES string of the molecule is CC1=S(=O)(O)OCCOS1(=O)=O. The van der Waals surface area contributed by atoms with Crippen LogP contribution < -0.4 is 0 Å². The van der Waals surface area contributed by atoms with Gasteiger partial charge in [-0.15, -0.1) is 0 Å². The molecule has 6 nitrogen and oxygen atoms in total. The highest BCUT2D eigenvalue weighted by atomic mass is 32.3. The fourth-order valence-electron chi connectivity index (χ4n) is 0.586. The van der Waals surface area contributed by atoms with Crippen molar-refractivity contribution in [3.8, 4) is 0 Å². The van der Waals surface area contributed by atoms with Crippen LogP contribution in [0.3, 0.4) is 0 Å². The van der Waals surface area contributed by atoms with Crippen molar-refractivity contribution in [3.05, 3.63) is 0 Å². The molecule has 0 saturated carbocycles. The third kappa shape index (κ3) is 1.77. The largest absolute Gasteiger partial charge is 0.305 e. The highest BCUT2D eigenvalue weighted by Crippen LogP contribution is 2.07. The van der Waals surface area contributed by atoms with Gasteiger partial charge in [-0.3, -0.25) is 12.9 Å². The summed E-state index contributed by atoms with van der Waals surface area (Å²) in [5.74, 6) is 0. The minimum atomic E-state index is -4.04. The molecule has 8 heteroatoms. The fourth-order valence-corrected chi connectivity index (χ4v) is 2.82. The lowest BCUT2D eigenvalue weighted by molar-refractivity contribution is 0.226. The Kier molecular flexibility index (Phi) is 2.45. The first-order chi connectivity index (χ1) is 5.36. The van der Waals surface area contributed by atoms with Crippen LogP contribution in [0.15, 0.2) is 0 Å². The summed E-state index contributed by atoms with van der Waals surface area (Å²) in [6, 6.07) is 0. The van der Waals surface area contributed by atoms with Gasteiger partial charge in [0.25, 0.3) is 0 Å². The molecular formula is C4H8O6S2. The second kappa shape index (κ2) is 2.96. The Bertz CT molecular complexity index is 384. The molecule has 0 saturated heterocycles. The van der Waals surface area contributed by atoms with Crippen LogP contribution in [-0.4, -0.2) is 34.6 Å². The zero-order chi connectivity index (χ0) is 9.41. The molecule has 0 amide bonds. The number of hydrogen-bond acceptors (Lipinski definition) is 5. The quantitative estimate of drug-likeness (QED) is 0.420. The molecule has 0 spiro atoms. The summed E-state index contributed by atoms with van der Waals surface area (Å²) in [5, 5.41) is 0. The maximum Gasteiger partial charge on any atom is 0.305 e. The molecule has 72 valence electrons. The van der Waals surface area contributed by atoms with E-state index in [2.05, 4.69) is 8.37 Å². The van der Waals surface area contributed by atoms with Crippen LogP contribution in [0.4, 0.5) is 0 Å². The van der Waals surface area contributed by atoms with Crippen molar-refractivity contribution in [2.75, 3.05) is 13.2 Å². The Hall–Kier alpha value is -0.150. The molecule has 0 aromatic rings. The average molecular weight is 216 g/mol. The fraction of sp³-hybridized carbons (Fsp3) is 0.750. The van der Waals surface area contributed by atoms with Gasteiger partial charge in [-0.2, -0.15) is 8.42 Å². The first kappa shape index (κ1) is 9.93. The summed E-state index contributed by atoms with van der Waals surface area (Å²) in [5.41, 5.74) is 0. The molecule has 1 unspecified atom stereocenters. The normalized spacial score (nSPS) is 36.0. The van der Waals surface area contributed by atoms with Crippen LogP contribution in [0.25, 0.3) is 0 Å². The van der Waals surface area contributed by atoms with E-state index in [0.29, 0.717) is 0 Å². The second-order valence-electron chi connectivity index (χ2n) is 2.06. The summed E-state index contributed by atoms with van der Waals surface area (Å²) < 4.78 is 49.9. The molecule has 12 heavy (non-hydrogen) atoms. The molecule has 1 atom stereocenters. The van der Waals surface area contributed by atoms with Crippen molar-refractivity contribution >= 4 is 24.4 Å². The first-order valence-electron chi connectivity index (χ1n) is 3.00. The standard InChI is InChI=1S/C4H8O6S2/c1-4-11(5,6)9-2-3-10-12(4,7)8/h2-3H2,1H3,(H,5,6). The van der Waals surface area contributed by atoms with Gasteiger partial charge < -0.3 is 0 Å². The third-order valence-electron chi connectivity index (χ3n) is 1.28. The summed E-state index contributed by atoms with van der Waals surface area (Å²) in [4.78, 5) is 0. The molecule has 1 aliphatic heterocycles. The maximum atomic E-state index is 11.0. The Balaban J connectivity index is 3.38. The number of rotatable bonds is 0. The van der Waals surface area contributed by atoms with E-state index in [1.54, 1.807) is 0 Å². The van der Waals surface area contributed by atoms with Gasteiger partial charge in [-0.1, -0.05) is 0 Å². The van der Waals surface area contributed by atoms with E-state index >= 15 is 0 Å². The van der Waals surface area contributed by atoms with E-state index in [1.165, 1.54) is 0 Å². The predicted octanol–water partition coefficient (Wildman–Crippen LogP) is -0.815. The highest BCUT2D eigenvalue weighted by molar-refractivity contribution is 8.18. The molecule has 0 radical (unpaired) electrons. The predicted molar refractivity (Wildman–Crippen MR) is 42.3 cm³/mol. The molecular weight excluding hydrogens is 208 g/mol. The van der Waals surface area contributed by atoms with Crippen molar-refractivity contribution in [1.29, 1.82) is 0 Å². The molecule has 1 N–H and O–H groups in total. The lowest BCUT2D eigenvalue weighted by atomic mass is 10.8. The van der Waals surface area contributed by atoms with E-state index in [0.717, 1.165) is 6.92 Å². The Morgan fingerprint density at radius 2 is 1.75 bits per heavy atom. The average Bonchev–Trinajstić information content (AvgIpc) is 2.02. The smallest absolute Gasteiger partial charge is 0.293 e. The van der Waals surface area contributed by atoms with Crippen LogP contribution in [-0.2, 0) is 28.6 Å². The van der Waals surface area contributed by atoms with Crippen LogP contribution in [0.1, 0.15) is 6.92 Å². The summed E-state index contributed by atoms with van der Waals surface area (Å²) >= 11 is 0. The monoisotopic (exact) mass is 216 g/mol. The minimum absolute atomic E-state index is 0.216. The summed E-state index contributed by atoms with van der Waals surface area (Å²) in [6.45, 7) is 0.534. The molecule has 0 aliphatic carbocycles. The van der Waals surface area contributed by atoms with Crippen molar-refractivity contribution < 1.29 is 25.5 Å². The molecule has 1 aliphatic rings. The van der Waals surface area contributed by atoms with E-state index < -0.39 is 24.4 Å². The van der Waals surface area contributed by atoms with Gasteiger partial charge in [0.2, 0.25) is 10.1 Å². The molecule has 0 bridgehead atoms. The molecule has 1 heterocycles. The van der Waals surface area contributed by atoms with E-state index in [4.69, 9.17) is 4.55 Å². The van der Waals surface area contributed by atoms with Crippen molar-refractivity contribution in [3.63, 3.8) is 0 Å². The molecule has 0 fully saturated rings. The van der Waals surface area contributed by atoms with E-state index in [-0.39, 0.29) is 13.2 Å². The van der Waals surface area contributed by atoms with Crippen LogP contribution >= 0.6 is 0 Å². The second-order valence-corrected chi connectivity index (χ2v) is 5.88. The highest BCUT2D eigenvalue weighted by Gasteiger charge is 2.26. The van der Waals surface area contributed by atoms with Crippen LogP contribution in [0, 0.1) is 0 Å². The van der Waals surface area contributed by atoms with Gasteiger partial charge in [0.05, 0.1) is 13.2 Å². The van der Waals surface area contributed by atoms with Gasteiger partial charge in [0.1, 0.15) is 0 Å². The van der Waals surface area contributed by atoms with E-state index in [1.807, 2.05) is 0 Å². The topological polar surface area (TPSA) is 89.9 Å². The van der Waals surface area contributed by atoms with Crippen LogP contribution in [0.5, 0.6) is 0 Å². The third-order valence-corrected chi connectivity index (χ3v) is 4.92. The van der Waals surface area contributed by atoms with Crippen molar-refractivity contribution in [2.45, 2.75) is 6.92 Å². The van der Waals surface area contributed by atoms with Gasteiger partial charge in [-0.05, 0) is 6.92 Å². The Morgan fingerprint density at radius 3 is 2.33 bits per heavy atom. The Morgan fingerprint density at radius 1 is 1.25 bits per heavy atom. The summed E-state index contributed by atoms with van der Waals surface area (Å²) in [6.07, 6.45) is 0.